The standard InChI is InChI=1S/C19H18N4O2/c1-12(24)18-21-16-11-14(6-7-17(16)22(18)2)23-9-8-20-19(23)13-4-3-5-15(25)10-13/h3-12,24-25H,1-2H3. The summed E-state index contributed by atoms with van der Waals surface area (Å²) in [6, 6.07) is 13.0. The van der Waals surface area contributed by atoms with Crippen molar-refractivity contribution in [1.82, 2.24) is 19.1 Å². The number of imidazole rings is 2. The third kappa shape index (κ3) is 2.56. The summed E-state index contributed by atoms with van der Waals surface area (Å²) < 4.78 is 3.85. The van der Waals surface area contributed by atoms with Gasteiger partial charge in [-0.05, 0) is 37.3 Å². The van der Waals surface area contributed by atoms with Gasteiger partial charge in [0.2, 0.25) is 0 Å². The molecular weight excluding hydrogens is 316 g/mol. The van der Waals surface area contributed by atoms with Gasteiger partial charge >= 0.3 is 0 Å². The van der Waals surface area contributed by atoms with Gasteiger partial charge in [-0.1, -0.05) is 12.1 Å². The van der Waals surface area contributed by atoms with Gasteiger partial charge in [0.15, 0.2) is 0 Å². The van der Waals surface area contributed by atoms with Crippen LogP contribution in [0.15, 0.2) is 54.9 Å². The molecule has 0 saturated heterocycles. The van der Waals surface area contributed by atoms with Crippen molar-refractivity contribution in [3.8, 4) is 22.8 Å². The fraction of sp³-hybridized carbons (Fsp3) is 0.158. The first-order valence-electron chi connectivity index (χ1n) is 8.02. The molecule has 0 spiro atoms. The highest BCUT2D eigenvalue weighted by atomic mass is 16.3. The molecule has 126 valence electrons. The lowest BCUT2D eigenvalue weighted by atomic mass is 10.2. The van der Waals surface area contributed by atoms with Crippen molar-refractivity contribution in [2.75, 3.05) is 0 Å². The second kappa shape index (κ2) is 5.75. The molecule has 6 nitrogen and oxygen atoms in total. The summed E-state index contributed by atoms with van der Waals surface area (Å²) in [5.41, 5.74) is 3.51. The van der Waals surface area contributed by atoms with Crippen LogP contribution in [0, 0.1) is 0 Å². The highest BCUT2D eigenvalue weighted by Gasteiger charge is 2.14. The summed E-state index contributed by atoms with van der Waals surface area (Å²) in [6.45, 7) is 1.71. The minimum absolute atomic E-state index is 0.203. The first-order chi connectivity index (χ1) is 12.0. The van der Waals surface area contributed by atoms with Crippen LogP contribution >= 0.6 is 0 Å². The molecule has 0 aliphatic carbocycles. The Bertz CT molecular complexity index is 1060. The summed E-state index contributed by atoms with van der Waals surface area (Å²) >= 11 is 0. The normalized spacial score (nSPS) is 12.6. The lowest BCUT2D eigenvalue weighted by Gasteiger charge is -2.08. The number of aromatic hydroxyl groups is 1. The van der Waals surface area contributed by atoms with Crippen LogP contribution in [0.1, 0.15) is 18.9 Å². The number of phenols is 1. The van der Waals surface area contributed by atoms with Gasteiger partial charge in [-0.2, -0.15) is 0 Å². The first-order valence-corrected chi connectivity index (χ1v) is 8.02. The largest absolute Gasteiger partial charge is 0.508 e. The molecule has 0 saturated carbocycles. The number of benzene rings is 2. The molecule has 2 aromatic heterocycles. The summed E-state index contributed by atoms with van der Waals surface area (Å²) in [4.78, 5) is 8.96. The van der Waals surface area contributed by atoms with Crippen molar-refractivity contribution in [1.29, 1.82) is 0 Å². The van der Waals surface area contributed by atoms with Crippen LogP contribution in [0.2, 0.25) is 0 Å². The number of hydrogen-bond acceptors (Lipinski definition) is 4. The molecule has 4 aromatic rings. The number of hydrogen-bond donors (Lipinski definition) is 2. The number of aliphatic hydroxyl groups excluding tert-OH is 1. The summed E-state index contributed by atoms with van der Waals surface area (Å²) in [5.74, 6) is 1.57. The second-order valence-corrected chi connectivity index (χ2v) is 6.05. The van der Waals surface area contributed by atoms with Gasteiger partial charge < -0.3 is 14.8 Å². The molecule has 0 bridgehead atoms. The fourth-order valence-corrected chi connectivity index (χ4v) is 3.10. The van der Waals surface area contributed by atoms with E-state index in [9.17, 15) is 10.2 Å². The molecule has 0 radical (unpaired) electrons. The number of aromatic nitrogens is 4. The molecule has 25 heavy (non-hydrogen) atoms. The zero-order valence-electron chi connectivity index (χ0n) is 14.0. The third-order valence-corrected chi connectivity index (χ3v) is 4.30. The minimum Gasteiger partial charge on any atom is -0.508 e. The molecule has 6 heteroatoms. The van der Waals surface area contributed by atoms with Gasteiger partial charge in [-0.3, -0.25) is 4.57 Å². The number of phenolic OH excluding ortho intramolecular Hbond substituents is 1. The van der Waals surface area contributed by atoms with Crippen LogP contribution < -0.4 is 0 Å². The van der Waals surface area contributed by atoms with E-state index in [4.69, 9.17) is 0 Å². The van der Waals surface area contributed by atoms with E-state index in [-0.39, 0.29) is 5.75 Å². The van der Waals surface area contributed by atoms with Crippen molar-refractivity contribution < 1.29 is 10.2 Å². The Kier molecular flexibility index (Phi) is 3.54. The zero-order valence-corrected chi connectivity index (χ0v) is 14.0. The number of aliphatic hydroxyl groups is 1. The zero-order chi connectivity index (χ0) is 17.6. The molecule has 2 heterocycles. The Labute approximate surface area is 144 Å². The van der Waals surface area contributed by atoms with Crippen molar-refractivity contribution in [3.63, 3.8) is 0 Å². The summed E-state index contributed by atoms with van der Waals surface area (Å²) in [6.07, 6.45) is 2.97. The van der Waals surface area contributed by atoms with E-state index >= 15 is 0 Å². The van der Waals surface area contributed by atoms with Crippen LogP contribution in [0.4, 0.5) is 0 Å². The number of fused-ring (bicyclic) bond motifs is 1. The van der Waals surface area contributed by atoms with Gasteiger partial charge in [0.25, 0.3) is 0 Å². The van der Waals surface area contributed by atoms with Crippen LogP contribution in [0.5, 0.6) is 5.75 Å². The highest BCUT2D eigenvalue weighted by Crippen LogP contribution is 2.27. The molecular formula is C19H18N4O2. The maximum absolute atomic E-state index is 9.86. The van der Waals surface area contributed by atoms with Crippen molar-refractivity contribution in [3.05, 3.63) is 60.7 Å². The van der Waals surface area contributed by atoms with Gasteiger partial charge in [0.05, 0.1) is 11.0 Å². The van der Waals surface area contributed by atoms with E-state index in [1.54, 1.807) is 31.3 Å². The van der Waals surface area contributed by atoms with Crippen LogP contribution in [0.25, 0.3) is 28.1 Å². The second-order valence-electron chi connectivity index (χ2n) is 6.05. The highest BCUT2D eigenvalue weighted by molar-refractivity contribution is 5.79. The van der Waals surface area contributed by atoms with E-state index in [1.807, 2.05) is 46.6 Å². The smallest absolute Gasteiger partial charge is 0.144 e. The lowest BCUT2D eigenvalue weighted by molar-refractivity contribution is 0.186. The van der Waals surface area contributed by atoms with Crippen molar-refractivity contribution >= 4 is 11.0 Å². The Morgan fingerprint density at radius 1 is 1.12 bits per heavy atom. The third-order valence-electron chi connectivity index (χ3n) is 4.30. The van der Waals surface area contributed by atoms with Gasteiger partial charge in [-0.15, -0.1) is 0 Å². The molecule has 0 fully saturated rings. The summed E-state index contributed by atoms with van der Waals surface area (Å²) in [7, 11) is 1.90. The molecule has 0 amide bonds. The Balaban J connectivity index is 1.85. The Hall–Kier alpha value is -3.12. The van der Waals surface area contributed by atoms with E-state index in [0.717, 1.165) is 28.1 Å². The fourth-order valence-electron chi connectivity index (χ4n) is 3.10. The predicted molar refractivity (Wildman–Crippen MR) is 95.6 cm³/mol. The maximum Gasteiger partial charge on any atom is 0.144 e. The SMILES string of the molecule is CC(O)c1nc2cc(-n3ccnc3-c3cccc(O)c3)ccc2n1C. The molecule has 1 unspecified atom stereocenters. The Morgan fingerprint density at radius 2 is 1.96 bits per heavy atom. The average molecular weight is 334 g/mol. The number of aryl methyl sites for hydroxylation is 1. The lowest BCUT2D eigenvalue weighted by Crippen LogP contribution is -2.01. The van der Waals surface area contributed by atoms with Crippen LogP contribution in [-0.2, 0) is 7.05 Å². The van der Waals surface area contributed by atoms with E-state index in [0.29, 0.717) is 5.82 Å². The Morgan fingerprint density at radius 3 is 2.72 bits per heavy atom. The molecule has 2 aromatic carbocycles. The van der Waals surface area contributed by atoms with Crippen LogP contribution in [0.3, 0.4) is 0 Å². The number of nitrogens with zero attached hydrogens (tertiary/aromatic N) is 4. The monoisotopic (exact) mass is 334 g/mol. The van der Waals surface area contributed by atoms with Gasteiger partial charge in [0.1, 0.15) is 23.5 Å². The average Bonchev–Trinajstić information content (AvgIpc) is 3.19. The molecule has 1 atom stereocenters. The van der Waals surface area contributed by atoms with E-state index in [2.05, 4.69) is 9.97 Å². The van der Waals surface area contributed by atoms with Crippen molar-refractivity contribution in [2.45, 2.75) is 13.0 Å². The number of rotatable bonds is 3. The maximum atomic E-state index is 9.86. The molecule has 2 N–H and O–H groups in total. The first kappa shape index (κ1) is 15.4. The topological polar surface area (TPSA) is 76.1 Å². The van der Waals surface area contributed by atoms with Gasteiger partial charge in [-0.25, -0.2) is 9.97 Å². The van der Waals surface area contributed by atoms with Crippen LogP contribution in [-0.4, -0.2) is 29.3 Å². The van der Waals surface area contributed by atoms with Crippen molar-refractivity contribution in [2.24, 2.45) is 7.05 Å². The van der Waals surface area contributed by atoms with E-state index < -0.39 is 6.10 Å². The minimum atomic E-state index is -0.628. The quantitative estimate of drug-likeness (QED) is 0.603. The summed E-state index contributed by atoms with van der Waals surface area (Å²) in [5, 5.41) is 19.6. The molecule has 0 aliphatic rings. The van der Waals surface area contributed by atoms with E-state index in [1.165, 1.54) is 0 Å². The molecule has 4 rings (SSSR count). The molecule has 0 aliphatic heterocycles. The van der Waals surface area contributed by atoms with Gasteiger partial charge in [0, 0.05) is 30.7 Å². The predicted octanol–water partition coefficient (Wildman–Crippen LogP) is 3.18.